The number of amides is 1. The van der Waals surface area contributed by atoms with Crippen LogP contribution in [0.3, 0.4) is 0 Å². The molecule has 3 N–H and O–H groups in total. The number of benzene rings is 3. The van der Waals surface area contributed by atoms with E-state index in [0.717, 1.165) is 27.9 Å². The molecule has 0 saturated carbocycles. The highest BCUT2D eigenvalue weighted by atomic mass is 35.5. The lowest BCUT2D eigenvalue weighted by Crippen LogP contribution is -2.31. The number of hydrogen-bond donors (Lipinski definition) is 3. The van der Waals surface area contributed by atoms with Crippen LogP contribution < -0.4 is 15.4 Å². The summed E-state index contributed by atoms with van der Waals surface area (Å²) in [6.45, 7) is 8.08. The van der Waals surface area contributed by atoms with E-state index in [9.17, 15) is 9.90 Å². The Balaban J connectivity index is 1.54. The molecule has 0 radical (unpaired) electrons. The topological polar surface area (TPSA) is 101 Å². The van der Waals surface area contributed by atoms with Crippen molar-refractivity contribution < 1.29 is 14.6 Å². The highest BCUT2D eigenvalue weighted by Gasteiger charge is 2.35. The van der Waals surface area contributed by atoms with Crippen LogP contribution >= 0.6 is 23.4 Å². The summed E-state index contributed by atoms with van der Waals surface area (Å²) >= 11 is 7.81. The van der Waals surface area contributed by atoms with E-state index >= 15 is 0 Å². The lowest BCUT2D eigenvalue weighted by Gasteiger charge is -2.29. The highest BCUT2D eigenvalue weighted by molar-refractivity contribution is 7.98. The van der Waals surface area contributed by atoms with E-state index in [1.54, 1.807) is 22.9 Å². The van der Waals surface area contributed by atoms with Gasteiger partial charge in [-0.05, 0) is 74.2 Å². The SMILES string of the molecule is CCOc1cc(C2C(C(=O)Nc3cccc(C)c3C)=C(C)Nc3nc(SCc4ccccc4Cl)nn32)ccc1O. The Hall–Kier alpha value is -3.95. The van der Waals surface area contributed by atoms with Gasteiger partial charge in [-0.15, -0.1) is 5.10 Å². The second-order valence-electron chi connectivity index (χ2n) is 9.47. The van der Waals surface area contributed by atoms with Gasteiger partial charge in [0.15, 0.2) is 11.5 Å². The van der Waals surface area contributed by atoms with Gasteiger partial charge in [0.25, 0.3) is 5.91 Å². The maximum absolute atomic E-state index is 13.9. The van der Waals surface area contributed by atoms with Crippen molar-refractivity contribution >= 4 is 40.9 Å². The van der Waals surface area contributed by atoms with Gasteiger partial charge >= 0.3 is 0 Å². The quantitative estimate of drug-likeness (QED) is 0.197. The number of fused-ring (bicyclic) bond motifs is 1. The summed E-state index contributed by atoms with van der Waals surface area (Å²) in [6, 6.07) is 18.0. The van der Waals surface area contributed by atoms with Crippen molar-refractivity contribution in [1.29, 1.82) is 0 Å². The number of nitrogens with one attached hydrogen (secondary N) is 2. The Morgan fingerprint density at radius 2 is 1.95 bits per heavy atom. The van der Waals surface area contributed by atoms with Crippen molar-refractivity contribution in [3.8, 4) is 11.5 Å². The van der Waals surface area contributed by atoms with Crippen molar-refractivity contribution in [2.45, 2.75) is 44.6 Å². The highest BCUT2D eigenvalue weighted by Crippen LogP contribution is 2.40. The van der Waals surface area contributed by atoms with Gasteiger partial charge in [0.05, 0.1) is 12.2 Å². The van der Waals surface area contributed by atoms with Crippen molar-refractivity contribution in [2.75, 3.05) is 17.2 Å². The first-order valence-corrected chi connectivity index (χ1v) is 14.3. The van der Waals surface area contributed by atoms with Crippen molar-refractivity contribution in [3.05, 3.63) is 99.2 Å². The van der Waals surface area contributed by atoms with Crippen LogP contribution in [0.4, 0.5) is 11.6 Å². The Morgan fingerprint density at radius 3 is 2.73 bits per heavy atom. The molecule has 1 unspecified atom stereocenters. The molecule has 8 nitrogen and oxygen atoms in total. The van der Waals surface area contributed by atoms with Crippen LogP contribution in [0.1, 0.15) is 42.1 Å². The van der Waals surface area contributed by atoms with Crippen LogP contribution in [0, 0.1) is 13.8 Å². The molecule has 5 rings (SSSR count). The first-order valence-electron chi connectivity index (χ1n) is 12.9. The average molecular weight is 576 g/mol. The summed E-state index contributed by atoms with van der Waals surface area (Å²) in [4.78, 5) is 18.6. The van der Waals surface area contributed by atoms with E-state index in [-0.39, 0.29) is 11.7 Å². The number of allylic oxidation sites excluding steroid dienone is 1. The molecule has 0 saturated heterocycles. The van der Waals surface area contributed by atoms with Crippen LogP contribution in [-0.2, 0) is 10.5 Å². The molecule has 10 heteroatoms. The molecular weight excluding hydrogens is 546 g/mol. The molecule has 40 heavy (non-hydrogen) atoms. The first-order chi connectivity index (χ1) is 19.3. The van der Waals surface area contributed by atoms with E-state index in [2.05, 4.69) is 10.6 Å². The molecule has 1 aliphatic rings. The largest absolute Gasteiger partial charge is 0.504 e. The number of carbonyl (C=O) groups is 1. The maximum Gasteiger partial charge on any atom is 0.255 e. The van der Waals surface area contributed by atoms with E-state index in [1.807, 2.05) is 70.2 Å². The fourth-order valence-electron chi connectivity index (χ4n) is 4.60. The summed E-state index contributed by atoms with van der Waals surface area (Å²) in [5, 5.41) is 22.8. The molecular formula is C30H30ClN5O3S. The molecule has 3 aromatic carbocycles. The van der Waals surface area contributed by atoms with Crippen LogP contribution in [0.5, 0.6) is 11.5 Å². The molecule has 1 aliphatic heterocycles. The number of carbonyl (C=O) groups excluding carboxylic acids is 1. The van der Waals surface area contributed by atoms with Gasteiger partial charge in [0, 0.05) is 22.2 Å². The normalized spacial score (nSPS) is 14.5. The number of ether oxygens (including phenoxy) is 1. The van der Waals surface area contributed by atoms with Gasteiger partial charge in [-0.1, -0.05) is 59.8 Å². The van der Waals surface area contributed by atoms with Gasteiger partial charge in [-0.3, -0.25) is 4.79 Å². The molecule has 4 aromatic rings. The Kier molecular flexibility index (Phi) is 8.04. The maximum atomic E-state index is 13.9. The number of phenolic OH excluding ortho intramolecular Hbond substituents is 1. The lowest BCUT2D eigenvalue weighted by atomic mass is 9.94. The summed E-state index contributed by atoms with van der Waals surface area (Å²) in [5.41, 5.74) is 5.66. The first kappa shape index (κ1) is 27.6. The van der Waals surface area contributed by atoms with Crippen LogP contribution in [0.2, 0.25) is 5.02 Å². The molecule has 1 aromatic heterocycles. The number of phenols is 1. The summed E-state index contributed by atoms with van der Waals surface area (Å²) in [7, 11) is 0. The van der Waals surface area contributed by atoms with Gasteiger partial charge in [-0.2, -0.15) is 4.98 Å². The molecule has 206 valence electrons. The zero-order valence-electron chi connectivity index (χ0n) is 22.7. The second kappa shape index (κ2) is 11.7. The summed E-state index contributed by atoms with van der Waals surface area (Å²) in [6.07, 6.45) is 0. The number of anilines is 2. The fourth-order valence-corrected chi connectivity index (χ4v) is 5.72. The van der Waals surface area contributed by atoms with Crippen LogP contribution in [0.25, 0.3) is 0 Å². The van der Waals surface area contributed by atoms with Gasteiger partial charge in [-0.25, -0.2) is 4.68 Å². The van der Waals surface area contributed by atoms with Gasteiger partial charge in [0.1, 0.15) is 6.04 Å². The van der Waals surface area contributed by atoms with Crippen LogP contribution in [0.15, 0.2) is 77.1 Å². The fraction of sp³-hybridized carbons (Fsp3) is 0.233. The molecule has 0 bridgehead atoms. The van der Waals surface area contributed by atoms with Crippen molar-refractivity contribution in [3.63, 3.8) is 0 Å². The lowest BCUT2D eigenvalue weighted by molar-refractivity contribution is -0.113. The number of thioether (sulfide) groups is 1. The predicted octanol–water partition coefficient (Wildman–Crippen LogP) is 6.87. The Morgan fingerprint density at radius 1 is 1.15 bits per heavy atom. The molecule has 0 spiro atoms. The number of aromatic nitrogens is 3. The zero-order valence-corrected chi connectivity index (χ0v) is 24.2. The van der Waals surface area contributed by atoms with Gasteiger partial charge in [0.2, 0.25) is 11.1 Å². The minimum Gasteiger partial charge on any atom is -0.504 e. The third-order valence-electron chi connectivity index (χ3n) is 6.84. The van der Waals surface area contributed by atoms with E-state index in [0.29, 0.717) is 45.5 Å². The Bertz CT molecular complexity index is 1620. The monoisotopic (exact) mass is 575 g/mol. The smallest absolute Gasteiger partial charge is 0.255 e. The van der Waals surface area contributed by atoms with Crippen LogP contribution in [-0.4, -0.2) is 32.4 Å². The third-order valence-corrected chi connectivity index (χ3v) is 8.10. The molecule has 1 atom stereocenters. The Labute approximate surface area is 242 Å². The number of nitrogens with zero attached hydrogens (tertiary/aromatic N) is 3. The zero-order chi connectivity index (χ0) is 28.4. The molecule has 0 fully saturated rings. The number of halogens is 1. The standard InChI is InChI=1S/C30H30ClN5O3S/c1-5-39-25-15-20(13-14-24(25)37)27-26(28(38)33-23-12-8-9-17(2)18(23)3)19(4)32-29-34-30(35-36(27)29)40-16-21-10-6-7-11-22(21)31/h6-15,27,37H,5,16H2,1-4H3,(H,33,38)(H,32,34,35). The number of aryl methyl sites for hydroxylation is 1. The van der Waals surface area contributed by atoms with Crippen molar-refractivity contribution in [2.24, 2.45) is 0 Å². The molecule has 2 heterocycles. The minimum atomic E-state index is -0.622. The molecule has 0 aliphatic carbocycles. The van der Waals surface area contributed by atoms with E-state index in [4.69, 9.17) is 26.4 Å². The molecule has 1 amide bonds. The number of aromatic hydroxyl groups is 1. The van der Waals surface area contributed by atoms with Crippen molar-refractivity contribution in [1.82, 2.24) is 14.8 Å². The van der Waals surface area contributed by atoms with Gasteiger partial charge < -0.3 is 20.5 Å². The third kappa shape index (κ3) is 5.52. The van der Waals surface area contributed by atoms with E-state index in [1.165, 1.54) is 11.8 Å². The predicted molar refractivity (Wildman–Crippen MR) is 159 cm³/mol. The summed E-state index contributed by atoms with van der Waals surface area (Å²) in [5.74, 6) is 1.20. The summed E-state index contributed by atoms with van der Waals surface area (Å²) < 4.78 is 7.37. The second-order valence-corrected chi connectivity index (χ2v) is 10.8. The minimum absolute atomic E-state index is 0.0245. The van der Waals surface area contributed by atoms with E-state index < -0.39 is 6.04 Å². The number of hydrogen-bond acceptors (Lipinski definition) is 7. The number of rotatable bonds is 8. The average Bonchev–Trinajstić information content (AvgIpc) is 3.33.